The third kappa shape index (κ3) is 2.15. The standard InChI is InChI=1S/C19H19NO/c21-19-11-14-10-17(13-6-2-1-3-7-13)15-8-4-5-9-16(15)18(14)12-20-19/h1-9,14,17-18H,10-12H2,(H,20,21)/t14-,17+,18+/m1/s1. The summed E-state index contributed by atoms with van der Waals surface area (Å²) in [5.41, 5.74) is 4.25. The molecular formula is C19H19NO. The van der Waals surface area contributed by atoms with Crippen molar-refractivity contribution < 1.29 is 4.79 Å². The van der Waals surface area contributed by atoms with Crippen molar-refractivity contribution in [3.8, 4) is 0 Å². The van der Waals surface area contributed by atoms with Gasteiger partial charge in [-0.1, -0.05) is 54.6 Å². The maximum Gasteiger partial charge on any atom is 0.220 e. The quantitative estimate of drug-likeness (QED) is 0.850. The van der Waals surface area contributed by atoms with Crippen LogP contribution in [-0.4, -0.2) is 12.5 Å². The van der Waals surface area contributed by atoms with E-state index in [4.69, 9.17) is 0 Å². The molecule has 1 aliphatic carbocycles. The van der Waals surface area contributed by atoms with Crippen LogP contribution in [0, 0.1) is 5.92 Å². The molecule has 2 aromatic rings. The minimum Gasteiger partial charge on any atom is -0.355 e. The number of carbonyl (C=O) groups is 1. The molecule has 0 radical (unpaired) electrons. The molecule has 1 saturated heterocycles. The normalized spacial score (nSPS) is 27.4. The number of piperidine rings is 1. The molecule has 1 aliphatic heterocycles. The smallest absolute Gasteiger partial charge is 0.220 e. The lowest BCUT2D eigenvalue weighted by Gasteiger charge is -2.41. The fourth-order valence-electron chi connectivity index (χ4n) is 4.05. The highest BCUT2D eigenvalue weighted by Crippen LogP contribution is 2.47. The fraction of sp³-hybridized carbons (Fsp3) is 0.316. The molecule has 2 aromatic carbocycles. The van der Waals surface area contributed by atoms with Crippen LogP contribution in [0.15, 0.2) is 54.6 Å². The third-order valence-corrected chi connectivity index (χ3v) is 5.05. The van der Waals surface area contributed by atoms with Gasteiger partial charge in [-0.15, -0.1) is 0 Å². The Morgan fingerprint density at radius 1 is 0.905 bits per heavy atom. The van der Waals surface area contributed by atoms with Crippen LogP contribution in [0.25, 0.3) is 0 Å². The molecule has 2 aliphatic rings. The summed E-state index contributed by atoms with van der Waals surface area (Å²) in [5.74, 6) is 1.59. The van der Waals surface area contributed by atoms with Crippen LogP contribution in [0.2, 0.25) is 0 Å². The first-order valence-electron chi connectivity index (χ1n) is 7.73. The highest BCUT2D eigenvalue weighted by molar-refractivity contribution is 5.77. The molecule has 1 fully saturated rings. The minimum atomic E-state index is 0.211. The number of hydrogen-bond acceptors (Lipinski definition) is 1. The number of rotatable bonds is 1. The molecule has 1 N–H and O–H groups in total. The predicted molar refractivity (Wildman–Crippen MR) is 83.2 cm³/mol. The van der Waals surface area contributed by atoms with Gasteiger partial charge in [0.1, 0.15) is 0 Å². The van der Waals surface area contributed by atoms with Gasteiger partial charge in [0, 0.05) is 24.8 Å². The number of amides is 1. The van der Waals surface area contributed by atoms with E-state index in [1.165, 1.54) is 16.7 Å². The van der Waals surface area contributed by atoms with Crippen molar-refractivity contribution >= 4 is 5.91 Å². The zero-order valence-electron chi connectivity index (χ0n) is 12.0. The topological polar surface area (TPSA) is 29.1 Å². The van der Waals surface area contributed by atoms with Crippen molar-refractivity contribution in [2.75, 3.05) is 6.54 Å². The number of benzene rings is 2. The highest BCUT2D eigenvalue weighted by Gasteiger charge is 2.38. The van der Waals surface area contributed by atoms with Gasteiger partial charge in [0.05, 0.1) is 0 Å². The fourth-order valence-corrected chi connectivity index (χ4v) is 4.05. The second-order valence-electron chi connectivity index (χ2n) is 6.20. The first-order valence-corrected chi connectivity index (χ1v) is 7.73. The summed E-state index contributed by atoms with van der Waals surface area (Å²) in [6.07, 6.45) is 1.75. The third-order valence-electron chi connectivity index (χ3n) is 5.05. The summed E-state index contributed by atoms with van der Waals surface area (Å²) in [6.45, 7) is 0.794. The summed E-state index contributed by atoms with van der Waals surface area (Å²) < 4.78 is 0. The summed E-state index contributed by atoms with van der Waals surface area (Å²) in [7, 11) is 0. The number of fused-ring (bicyclic) bond motifs is 3. The Morgan fingerprint density at radius 2 is 1.62 bits per heavy atom. The van der Waals surface area contributed by atoms with Crippen molar-refractivity contribution in [2.24, 2.45) is 5.92 Å². The van der Waals surface area contributed by atoms with E-state index in [-0.39, 0.29) is 5.91 Å². The van der Waals surface area contributed by atoms with Crippen LogP contribution in [0.3, 0.4) is 0 Å². The lowest BCUT2D eigenvalue weighted by molar-refractivity contribution is -0.124. The molecule has 2 heteroatoms. The second-order valence-corrected chi connectivity index (χ2v) is 6.20. The average molecular weight is 277 g/mol. The largest absolute Gasteiger partial charge is 0.355 e. The molecule has 21 heavy (non-hydrogen) atoms. The van der Waals surface area contributed by atoms with Gasteiger partial charge in [-0.25, -0.2) is 0 Å². The predicted octanol–water partition coefficient (Wildman–Crippen LogP) is 3.44. The molecule has 1 amide bonds. The summed E-state index contributed by atoms with van der Waals surface area (Å²) in [6, 6.07) is 19.5. The molecule has 4 rings (SSSR count). The van der Waals surface area contributed by atoms with Crippen molar-refractivity contribution in [3.05, 3.63) is 71.3 Å². The molecular weight excluding hydrogens is 258 g/mol. The monoisotopic (exact) mass is 277 g/mol. The highest BCUT2D eigenvalue weighted by atomic mass is 16.1. The van der Waals surface area contributed by atoms with Gasteiger partial charge < -0.3 is 5.32 Å². The van der Waals surface area contributed by atoms with Crippen LogP contribution < -0.4 is 5.32 Å². The minimum absolute atomic E-state index is 0.211. The Hall–Kier alpha value is -2.09. The molecule has 0 bridgehead atoms. The van der Waals surface area contributed by atoms with Crippen LogP contribution in [0.4, 0.5) is 0 Å². The van der Waals surface area contributed by atoms with Crippen molar-refractivity contribution in [1.82, 2.24) is 5.32 Å². The SMILES string of the molecule is O=C1C[C@H]2C[C@@H](c3ccccc3)c3ccccc3[C@H]2CN1. The van der Waals surface area contributed by atoms with Gasteiger partial charge in [-0.05, 0) is 29.0 Å². The number of carbonyl (C=O) groups excluding carboxylic acids is 1. The van der Waals surface area contributed by atoms with E-state index in [9.17, 15) is 4.79 Å². The van der Waals surface area contributed by atoms with E-state index in [1.54, 1.807) is 0 Å². The van der Waals surface area contributed by atoms with E-state index in [1.807, 2.05) is 0 Å². The van der Waals surface area contributed by atoms with Crippen LogP contribution in [0.5, 0.6) is 0 Å². The van der Waals surface area contributed by atoms with Gasteiger partial charge in [-0.2, -0.15) is 0 Å². The molecule has 106 valence electrons. The average Bonchev–Trinajstić information content (AvgIpc) is 2.54. The van der Waals surface area contributed by atoms with Crippen molar-refractivity contribution in [3.63, 3.8) is 0 Å². The van der Waals surface area contributed by atoms with Crippen LogP contribution in [0.1, 0.15) is 41.4 Å². The Morgan fingerprint density at radius 3 is 2.43 bits per heavy atom. The Bertz CT molecular complexity index is 664. The summed E-state index contributed by atoms with van der Waals surface area (Å²) in [5, 5.41) is 3.04. The maximum atomic E-state index is 11.8. The van der Waals surface area contributed by atoms with Crippen LogP contribution >= 0.6 is 0 Å². The molecule has 1 heterocycles. The lowest BCUT2D eigenvalue weighted by Crippen LogP contribution is -2.42. The van der Waals surface area contributed by atoms with Crippen molar-refractivity contribution in [1.29, 1.82) is 0 Å². The Kier molecular flexibility index (Phi) is 3.03. The first-order chi connectivity index (χ1) is 10.3. The second kappa shape index (κ2) is 5.03. The van der Waals surface area contributed by atoms with E-state index in [0.717, 1.165) is 13.0 Å². The van der Waals surface area contributed by atoms with Gasteiger partial charge in [0.25, 0.3) is 0 Å². The van der Waals surface area contributed by atoms with Crippen LogP contribution in [-0.2, 0) is 4.79 Å². The molecule has 0 unspecified atom stereocenters. The molecule has 2 nitrogen and oxygen atoms in total. The lowest BCUT2D eigenvalue weighted by atomic mass is 9.66. The van der Waals surface area contributed by atoms with E-state index in [0.29, 0.717) is 24.2 Å². The number of hydrogen-bond donors (Lipinski definition) is 1. The van der Waals surface area contributed by atoms with E-state index >= 15 is 0 Å². The maximum absolute atomic E-state index is 11.8. The summed E-state index contributed by atoms with van der Waals surface area (Å²) in [4.78, 5) is 11.8. The Balaban J connectivity index is 1.80. The van der Waals surface area contributed by atoms with Gasteiger partial charge in [0.2, 0.25) is 5.91 Å². The number of nitrogens with one attached hydrogen (secondary N) is 1. The summed E-state index contributed by atoms with van der Waals surface area (Å²) >= 11 is 0. The van der Waals surface area contributed by atoms with Gasteiger partial charge in [0.15, 0.2) is 0 Å². The van der Waals surface area contributed by atoms with Crippen molar-refractivity contribution in [2.45, 2.75) is 24.7 Å². The Labute approximate surface area is 125 Å². The molecule has 0 saturated carbocycles. The zero-order valence-corrected chi connectivity index (χ0v) is 12.0. The van der Waals surface area contributed by atoms with Gasteiger partial charge in [-0.3, -0.25) is 4.79 Å². The molecule has 0 spiro atoms. The van der Waals surface area contributed by atoms with E-state index < -0.39 is 0 Å². The molecule has 0 aromatic heterocycles. The first kappa shape index (κ1) is 12.6. The molecule has 3 atom stereocenters. The zero-order chi connectivity index (χ0) is 14.2. The van der Waals surface area contributed by atoms with Gasteiger partial charge >= 0.3 is 0 Å². The van der Waals surface area contributed by atoms with E-state index in [2.05, 4.69) is 59.9 Å².